The third-order valence-electron chi connectivity index (χ3n) is 2.78. The van der Waals surface area contributed by atoms with Crippen LogP contribution in [0.5, 0.6) is 0 Å². The minimum atomic E-state index is -2.09. The molecule has 2 rings (SSSR count). The van der Waals surface area contributed by atoms with Crippen LogP contribution in [-0.2, 0) is 4.79 Å². The minimum absolute atomic E-state index is 0.240. The molecule has 4 nitrogen and oxygen atoms in total. The van der Waals surface area contributed by atoms with E-state index in [1.165, 1.54) is 6.08 Å². The van der Waals surface area contributed by atoms with Gasteiger partial charge in [0.15, 0.2) is 11.4 Å². The van der Waals surface area contributed by atoms with Crippen molar-refractivity contribution < 1.29 is 20.1 Å². The van der Waals surface area contributed by atoms with Gasteiger partial charge in [0.1, 0.15) is 6.10 Å². The van der Waals surface area contributed by atoms with Crippen molar-refractivity contribution in [2.45, 2.75) is 11.7 Å². The van der Waals surface area contributed by atoms with E-state index in [0.717, 1.165) is 0 Å². The van der Waals surface area contributed by atoms with Gasteiger partial charge in [0.25, 0.3) is 0 Å². The van der Waals surface area contributed by atoms with Crippen molar-refractivity contribution in [3.63, 3.8) is 0 Å². The predicted molar refractivity (Wildman–Crippen MR) is 57.5 cm³/mol. The fourth-order valence-electron chi connectivity index (χ4n) is 1.75. The zero-order valence-corrected chi connectivity index (χ0v) is 8.50. The maximum atomic E-state index is 11.8. The smallest absolute Gasteiger partial charge is 0.200 e. The van der Waals surface area contributed by atoms with Gasteiger partial charge in [-0.1, -0.05) is 30.3 Å². The Kier molecular flexibility index (Phi) is 2.63. The van der Waals surface area contributed by atoms with E-state index < -0.39 is 24.1 Å². The van der Waals surface area contributed by atoms with Gasteiger partial charge in [-0.2, -0.15) is 0 Å². The summed E-state index contributed by atoms with van der Waals surface area (Å²) in [5.41, 5.74) is -1.23. The molecule has 0 amide bonds. The molecule has 1 aromatic carbocycles. The molecule has 1 aliphatic carbocycles. The van der Waals surface area contributed by atoms with Gasteiger partial charge in [-0.15, -0.1) is 0 Å². The first-order valence-corrected chi connectivity index (χ1v) is 4.93. The molecule has 0 aliphatic heterocycles. The number of carbonyl (C=O) groups is 1. The van der Waals surface area contributed by atoms with E-state index in [4.69, 9.17) is 5.11 Å². The SMILES string of the molecule is O=C1C(c2ccccc2)=C[C@H](O)[C@@]1(O)CO. The lowest BCUT2D eigenvalue weighted by molar-refractivity contribution is -0.143. The van der Waals surface area contributed by atoms with Gasteiger partial charge in [0.2, 0.25) is 0 Å². The molecule has 0 fully saturated rings. The largest absolute Gasteiger partial charge is 0.393 e. The summed E-state index contributed by atoms with van der Waals surface area (Å²) in [7, 11) is 0. The monoisotopic (exact) mass is 220 g/mol. The second-order valence-corrected chi connectivity index (χ2v) is 3.80. The number of hydrogen-bond acceptors (Lipinski definition) is 4. The Morgan fingerprint density at radius 3 is 2.38 bits per heavy atom. The first-order chi connectivity index (χ1) is 7.59. The molecule has 16 heavy (non-hydrogen) atoms. The molecule has 0 radical (unpaired) electrons. The van der Waals surface area contributed by atoms with E-state index in [9.17, 15) is 15.0 Å². The fraction of sp³-hybridized carbons (Fsp3) is 0.250. The van der Waals surface area contributed by atoms with Crippen LogP contribution in [0, 0.1) is 0 Å². The van der Waals surface area contributed by atoms with E-state index in [-0.39, 0.29) is 5.57 Å². The molecule has 0 bridgehead atoms. The van der Waals surface area contributed by atoms with Gasteiger partial charge in [-0.05, 0) is 11.6 Å². The second kappa shape index (κ2) is 3.83. The van der Waals surface area contributed by atoms with Gasteiger partial charge in [0, 0.05) is 5.57 Å². The van der Waals surface area contributed by atoms with Crippen LogP contribution in [0.15, 0.2) is 36.4 Å². The molecule has 0 unspecified atom stereocenters. The van der Waals surface area contributed by atoms with Crippen molar-refractivity contribution in [3.8, 4) is 0 Å². The third-order valence-corrected chi connectivity index (χ3v) is 2.78. The number of Topliss-reactive ketones (excluding diaryl/α,β-unsaturated/α-hetero) is 1. The number of ketones is 1. The normalized spacial score (nSPS) is 29.3. The van der Waals surface area contributed by atoms with E-state index >= 15 is 0 Å². The van der Waals surface area contributed by atoms with Crippen molar-refractivity contribution in [2.24, 2.45) is 0 Å². The topological polar surface area (TPSA) is 77.8 Å². The van der Waals surface area contributed by atoms with E-state index in [2.05, 4.69) is 0 Å². The molecular weight excluding hydrogens is 208 g/mol. The first kappa shape index (κ1) is 11.0. The number of hydrogen-bond donors (Lipinski definition) is 3. The highest BCUT2D eigenvalue weighted by Crippen LogP contribution is 2.31. The second-order valence-electron chi connectivity index (χ2n) is 3.80. The van der Waals surface area contributed by atoms with Crippen LogP contribution in [0.2, 0.25) is 0 Å². The molecular formula is C12H12O4. The first-order valence-electron chi connectivity index (χ1n) is 4.93. The van der Waals surface area contributed by atoms with Crippen molar-refractivity contribution in [1.29, 1.82) is 0 Å². The molecule has 1 aliphatic rings. The summed E-state index contributed by atoms with van der Waals surface area (Å²) in [6.07, 6.45) is -0.0892. The molecule has 84 valence electrons. The summed E-state index contributed by atoms with van der Waals surface area (Å²) in [5, 5.41) is 28.3. The highest BCUT2D eigenvalue weighted by Gasteiger charge is 2.48. The lowest BCUT2D eigenvalue weighted by Crippen LogP contribution is -2.48. The van der Waals surface area contributed by atoms with Crippen LogP contribution in [0.4, 0.5) is 0 Å². The Balaban J connectivity index is 2.40. The van der Waals surface area contributed by atoms with Crippen molar-refractivity contribution in [2.75, 3.05) is 6.61 Å². The maximum absolute atomic E-state index is 11.8. The standard InChI is InChI=1S/C12H12O4/c13-7-12(16)10(14)6-9(11(12)15)8-4-2-1-3-5-8/h1-6,10,13-14,16H,7H2/t10-,12-/m0/s1. The number of aliphatic hydroxyl groups is 3. The highest BCUT2D eigenvalue weighted by molar-refractivity contribution is 6.27. The van der Waals surface area contributed by atoms with Crippen molar-refractivity contribution >= 4 is 11.4 Å². The van der Waals surface area contributed by atoms with Crippen LogP contribution < -0.4 is 0 Å². The Labute approximate surface area is 92.5 Å². The van der Waals surface area contributed by atoms with Gasteiger partial charge in [0.05, 0.1) is 6.61 Å². The Morgan fingerprint density at radius 1 is 1.25 bits per heavy atom. The zero-order valence-electron chi connectivity index (χ0n) is 8.50. The number of benzene rings is 1. The molecule has 0 spiro atoms. The average Bonchev–Trinajstić information content (AvgIpc) is 2.55. The molecule has 0 saturated heterocycles. The maximum Gasteiger partial charge on any atom is 0.200 e. The van der Waals surface area contributed by atoms with Crippen molar-refractivity contribution in [3.05, 3.63) is 42.0 Å². The zero-order chi connectivity index (χ0) is 11.8. The Hall–Kier alpha value is -1.49. The summed E-state index contributed by atoms with van der Waals surface area (Å²) in [6, 6.07) is 8.73. The van der Waals surface area contributed by atoms with E-state index in [1.54, 1.807) is 30.3 Å². The van der Waals surface area contributed by atoms with Crippen LogP contribution in [0.25, 0.3) is 5.57 Å². The summed E-state index contributed by atoms with van der Waals surface area (Å²) < 4.78 is 0. The number of aliphatic hydroxyl groups excluding tert-OH is 2. The quantitative estimate of drug-likeness (QED) is 0.641. The summed E-state index contributed by atoms with van der Waals surface area (Å²) >= 11 is 0. The lowest BCUT2D eigenvalue weighted by atomic mass is 9.95. The highest BCUT2D eigenvalue weighted by atomic mass is 16.4. The van der Waals surface area contributed by atoms with Crippen LogP contribution in [0.1, 0.15) is 5.56 Å². The predicted octanol–water partition coefficient (Wildman–Crippen LogP) is -0.263. The van der Waals surface area contributed by atoms with Gasteiger partial charge >= 0.3 is 0 Å². The fourth-order valence-corrected chi connectivity index (χ4v) is 1.75. The molecule has 0 heterocycles. The lowest BCUT2D eigenvalue weighted by Gasteiger charge is -2.22. The molecule has 3 N–H and O–H groups in total. The van der Waals surface area contributed by atoms with Crippen LogP contribution >= 0.6 is 0 Å². The summed E-state index contributed by atoms with van der Waals surface area (Å²) in [5.74, 6) is -0.645. The molecule has 0 aromatic heterocycles. The van der Waals surface area contributed by atoms with E-state index in [0.29, 0.717) is 5.56 Å². The van der Waals surface area contributed by atoms with Crippen molar-refractivity contribution in [1.82, 2.24) is 0 Å². The van der Waals surface area contributed by atoms with E-state index in [1.807, 2.05) is 0 Å². The Morgan fingerprint density at radius 2 is 1.88 bits per heavy atom. The summed E-state index contributed by atoms with van der Waals surface area (Å²) in [4.78, 5) is 11.8. The molecule has 1 aromatic rings. The van der Waals surface area contributed by atoms with Gasteiger partial charge in [-0.3, -0.25) is 4.79 Å². The number of carbonyl (C=O) groups excluding carboxylic acids is 1. The average molecular weight is 220 g/mol. The number of rotatable bonds is 2. The Bertz CT molecular complexity index is 438. The summed E-state index contributed by atoms with van der Waals surface area (Å²) in [6.45, 7) is -0.792. The third kappa shape index (κ3) is 1.48. The van der Waals surface area contributed by atoms with Gasteiger partial charge in [-0.25, -0.2) is 0 Å². The molecule has 4 heteroatoms. The molecule has 2 atom stereocenters. The minimum Gasteiger partial charge on any atom is -0.393 e. The van der Waals surface area contributed by atoms with Crippen LogP contribution in [-0.4, -0.2) is 39.4 Å². The van der Waals surface area contributed by atoms with Gasteiger partial charge < -0.3 is 15.3 Å². The van der Waals surface area contributed by atoms with Crippen LogP contribution in [0.3, 0.4) is 0 Å². The molecule has 0 saturated carbocycles.